The highest BCUT2D eigenvalue weighted by atomic mass is 19.1. The first-order chi connectivity index (χ1) is 7.22. The van der Waals surface area contributed by atoms with Crippen LogP contribution in [0.15, 0.2) is 28.8 Å². The molecule has 0 saturated heterocycles. The van der Waals surface area contributed by atoms with E-state index in [9.17, 15) is 4.39 Å². The summed E-state index contributed by atoms with van der Waals surface area (Å²) >= 11 is 0. The maximum atomic E-state index is 13.2. The van der Waals surface area contributed by atoms with Crippen LogP contribution in [0.5, 0.6) is 0 Å². The molecule has 3 nitrogen and oxygen atoms in total. The minimum absolute atomic E-state index is 0.207. The van der Waals surface area contributed by atoms with Crippen molar-refractivity contribution in [3.05, 3.63) is 41.4 Å². The molecule has 0 unspecified atom stereocenters. The number of halogens is 1. The van der Waals surface area contributed by atoms with Crippen molar-refractivity contribution in [1.29, 1.82) is 0 Å². The smallest absolute Gasteiger partial charge is 0.162 e. The minimum atomic E-state index is -0.277. The van der Waals surface area contributed by atoms with E-state index in [1.165, 1.54) is 6.07 Å². The van der Waals surface area contributed by atoms with Crippen LogP contribution < -0.4 is 0 Å². The van der Waals surface area contributed by atoms with Crippen LogP contribution in [0.4, 0.5) is 4.39 Å². The molecule has 0 spiro atoms. The predicted octanol–water partition coefficient (Wildman–Crippen LogP) is 2.28. The van der Waals surface area contributed by atoms with Gasteiger partial charge in [0.2, 0.25) is 0 Å². The molecule has 0 aliphatic heterocycles. The Labute approximate surface area is 86.1 Å². The van der Waals surface area contributed by atoms with Crippen molar-refractivity contribution < 1.29 is 14.0 Å². The Morgan fingerprint density at radius 3 is 2.93 bits per heavy atom. The van der Waals surface area contributed by atoms with Crippen LogP contribution in [-0.2, 0) is 6.61 Å². The van der Waals surface area contributed by atoms with Crippen LogP contribution in [0.25, 0.3) is 11.3 Å². The summed E-state index contributed by atoms with van der Waals surface area (Å²) in [4.78, 5) is 0. The van der Waals surface area contributed by atoms with Gasteiger partial charge in [-0.2, -0.15) is 0 Å². The van der Waals surface area contributed by atoms with Gasteiger partial charge in [0.15, 0.2) is 5.76 Å². The maximum absolute atomic E-state index is 13.2. The number of aliphatic hydroxyl groups is 1. The Morgan fingerprint density at radius 2 is 2.27 bits per heavy atom. The highest BCUT2D eigenvalue weighted by Crippen LogP contribution is 2.24. The molecule has 0 fully saturated rings. The first kappa shape index (κ1) is 9.86. The van der Waals surface area contributed by atoms with Crippen molar-refractivity contribution in [2.45, 2.75) is 13.5 Å². The second-order valence-corrected chi connectivity index (χ2v) is 3.25. The number of nitrogens with zero attached hydrogens (tertiary/aromatic N) is 1. The molecule has 1 aromatic heterocycles. The van der Waals surface area contributed by atoms with Gasteiger partial charge in [-0.25, -0.2) is 4.39 Å². The van der Waals surface area contributed by atoms with Gasteiger partial charge in [0.25, 0.3) is 0 Å². The number of hydrogen-bond acceptors (Lipinski definition) is 3. The summed E-state index contributed by atoms with van der Waals surface area (Å²) in [5, 5.41) is 12.6. The minimum Gasteiger partial charge on any atom is -0.388 e. The van der Waals surface area contributed by atoms with Crippen molar-refractivity contribution in [1.82, 2.24) is 5.16 Å². The van der Waals surface area contributed by atoms with E-state index in [1.54, 1.807) is 25.1 Å². The molecule has 0 aliphatic rings. The fourth-order valence-electron chi connectivity index (χ4n) is 1.40. The van der Waals surface area contributed by atoms with Gasteiger partial charge in [-0.15, -0.1) is 0 Å². The average molecular weight is 207 g/mol. The SMILES string of the molecule is Cc1c(F)cccc1-c1cc(CO)on1. The molecule has 4 heteroatoms. The molecule has 2 rings (SSSR count). The van der Waals surface area contributed by atoms with Crippen molar-refractivity contribution in [3.63, 3.8) is 0 Å². The molecule has 78 valence electrons. The third-order valence-corrected chi connectivity index (χ3v) is 2.26. The third-order valence-electron chi connectivity index (χ3n) is 2.26. The van der Waals surface area contributed by atoms with E-state index in [0.29, 0.717) is 22.6 Å². The van der Waals surface area contributed by atoms with Crippen molar-refractivity contribution in [2.24, 2.45) is 0 Å². The normalized spacial score (nSPS) is 10.6. The Morgan fingerprint density at radius 1 is 1.47 bits per heavy atom. The zero-order valence-electron chi connectivity index (χ0n) is 8.20. The Hall–Kier alpha value is -1.68. The van der Waals surface area contributed by atoms with E-state index < -0.39 is 0 Å². The lowest BCUT2D eigenvalue weighted by atomic mass is 10.1. The first-order valence-corrected chi connectivity index (χ1v) is 4.54. The van der Waals surface area contributed by atoms with Gasteiger partial charge < -0.3 is 9.63 Å². The van der Waals surface area contributed by atoms with Gasteiger partial charge in [-0.1, -0.05) is 17.3 Å². The number of hydrogen-bond donors (Lipinski definition) is 1. The summed E-state index contributed by atoms with van der Waals surface area (Å²) in [6.45, 7) is 1.47. The van der Waals surface area contributed by atoms with Gasteiger partial charge in [-0.3, -0.25) is 0 Å². The topological polar surface area (TPSA) is 46.3 Å². The highest BCUT2D eigenvalue weighted by molar-refractivity contribution is 5.63. The number of benzene rings is 1. The summed E-state index contributed by atoms with van der Waals surface area (Å²) in [5.74, 6) is 0.0923. The maximum Gasteiger partial charge on any atom is 0.162 e. The molecular weight excluding hydrogens is 197 g/mol. The molecule has 15 heavy (non-hydrogen) atoms. The fraction of sp³-hybridized carbons (Fsp3) is 0.182. The number of aliphatic hydroxyl groups excluding tert-OH is 1. The second-order valence-electron chi connectivity index (χ2n) is 3.25. The lowest BCUT2D eigenvalue weighted by Gasteiger charge is -2.01. The van der Waals surface area contributed by atoms with Crippen LogP contribution in [0.3, 0.4) is 0 Å². The quantitative estimate of drug-likeness (QED) is 0.821. The summed E-state index contributed by atoms with van der Waals surface area (Å²) in [5.41, 5.74) is 1.74. The van der Waals surface area contributed by atoms with Crippen molar-refractivity contribution >= 4 is 0 Å². The van der Waals surface area contributed by atoms with Gasteiger partial charge in [0.1, 0.15) is 18.1 Å². The van der Waals surface area contributed by atoms with Crippen LogP contribution in [0, 0.1) is 12.7 Å². The zero-order chi connectivity index (χ0) is 10.8. The summed E-state index contributed by atoms with van der Waals surface area (Å²) in [7, 11) is 0. The van der Waals surface area contributed by atoms with E-state index >= 15 is 0 Å². The van der Waals surface area contributed by atoms with Gasteiger partial charge in [-0.05, 0) is 18.6 Å². The molecule has 0 bridgehead atoms. The standard InChI is InChI=1S/C11H10FNO2/c1-7-9(3-2-4-10(7)12)11-5-8(6-14)15-13-11/h2-5,14H,6H2,1H3. The van der Waals surface area contributed by atoms with Crippen molar-refractivity contribution in [2.75, 3.05) is 0 Å². The Bertz CT molecular complexity index is 479. The lowest BCUT2D eigenvalue weighted by molar-refractivity contribution is 0.229. The van der Waals surface area contributed by atoms with E-state index in [4.69, 9.17) is 9.63 Å². The van der Waals surface area contributed by atoms with E-state index in [0.717, 1.165) is 0 Å². The molecule has 0 amide bonds. The number of rotatable bonds is 2. The van der Waals surface area contributed by atoms with Crippen LogP contribution >= 0.6 is 0 Å². The molecule has 2 aromatic rings. The van der Waals surface area contributed by atoms with Crippen LogP contribution in [0.1, 0.15) is 11.3 Å². The van der Waals surface area contributed by atoms with Crippen LogP contribution in [-0.4, -0.2) is 10.3 Å². The van der Waals surface area contributed by atoms with Crippen LogP contribution in [0.2, 0.25) is 0 Å². The van der Waals surface area contributed by atoms with E-state index in [2.05, 4.69) is 5.16 Å². The largest absolute Gasteiger partial charge is 0.388 e. The third kappa shape index (κ3) is 1.76. The summed E-state index contributed by atoms with van der Waals surface area (Å²) in [6.07, 6.45) is 0. The Kier molecular flexibility index (Phi) is 2.51. The molecular formula is C11H10FNO2. The molecule has 0 aliphatic carbocycles. The molecule has 1 N–H and O–H groups in total. The molecule has 0 saturated carbocycles. The predicted molar refractivity (Wildman–Crippen MR) is 52.6 cm³/mol. The fourth-order valence-corrected chi connectivity index (χ4v) is 1.40. The van der Waals surface area contributed by atoms with Gasteiger partial charge >= 0.3 is 0 Å². The second kappa shape index (κ2) is 3.82. The zero-order valence-corrected chi connectivity index (χ0v) is 8.20. The molecule has 1 aromatic carbocycles. The molecule has 1 heterocycles. The average Bonchev–Trinajstić information content (AvgIpc) is 2.70. The lowest BCUT2D eigenvalue weighted by Crippen LogP contribution is -1.87. The molecule has 0 radical (unpaired) electrons. The van der Waals surface area contributed by atoms with Gasteiger partial charge in [0.05, 0.1) is 0 Å². The summed E-state index contributed by atoms with van der Waals surface area (Å²) in [6, 6.07) is 6.37. The first-order valence-electron chi connectivity index (χ1n) is 4.54. The highest BCUT2D eigenvalue weighted by Gasteiger charge is 2.10. The van der Waals surface area contributed by atoms with Gasteiger partial charge in [0, 0.05) is 11.6 Å². The van der Waals surface area contributed by atoms with Crippen molar-refractivity contribution in [3.8, 4) is 11.3 Å². The summed E-state index contributed by atoms with van der Waals surface area (Å²) < 4.78 is 18.1. The van der Waals surface area contributed by atoms with E-state index in [1.807, 2.05) is 0 Å². The molecule has 0 atom stereocenters. The van der Waals surface area contributed by atoms with E-state index in [-0.39, 0.29) is 12.4 Å². The Balaban J connectivity index is 2.49. The number of aromatic nitrogens is 1. The monoisotopic (exact) mass is 207 g/mol.